The molecule has 0 unspecified atom stereocenters. The molecule has 0 aromatic heterocycles. The zero-order valence-corrected chi connectivity index (χ0v) is 9.07. The van der Waals surface area contributed by atoms with Crippen molar-refractivity contribution in [2.75, 3.05) is 0 Å². The molecule has 15 heavy (non-hydrogen) atoms. The number of hydrogen-bond acceptors (Lipinski definition) is 1. The van der Waals surface area contributed by atoms with Gasteiger partial charge in [-0.3, -0.25) is 0 Å². The molecule has 0 radical (unpaired) electrons. The lowest BCUT2D eigenvalue weighted by atomic mass is 9.92. The summed E-state index contributed by atoms with van der Waals surface area (Å²) in [4.78, 5) is 0. The van der Waals surface area contributed by atoms with Gasteiger partial charge in [0.15, 0.2) is 0 Å². The number of aryl methyl sites for hydroxylation is 1. The van der Waals surface area contributed by atoms with Crippen LogP contribution in [0.3, 0.4) is 0 Å². The Morgan fingerprint density at radius 2 is 2.20 bits per heavy atom. The van der Waals surface area contributed by atoms with Gasteiger partial charge < -0.3 is 4.74 Å². The van der Waals surface area contributed by atoms with Crippen LogP contribution in [0.25, 0.3) is 0 Å². The van der Waals surface area contributed by atoms with Crippen LogP contribution < -0.4 is 4.74 Å². The Labute approximate surface area is 91.1 Å². The minimum absolute atomic E-state index is 0.178. The van der Waals surface area contributed by atoms with Crippen molar-refractivity contribution in [3.8, 4) is 5.75 Å². The average molecular weight is 200 g/mol. The van der Waals surface area contributed by atoms with Crippen molar-refractivity contribution in [1.29, 1.82) is 0 Å². The Hall–Kier alpha value is -1.50. The summed E-state index contributed by atoms with van der Waals surface area (Å²) < 4.78 is 5.99. The molecule has 1 atom stereocenters. The molecule has 0 aliphatic carbocycles. The van der Waals surface area contributed by atoms with Gasteiger partial charge in [-0.15, -0.1) is 0 Å². The molecular formula is C14H16O. The van der Waals surface area contributed by atoms with Crippen LogP contribution in [-0.4, -0.2) is 5.60 Å². The van der Waals surface area contributed by atoms with Crippen LogP contribution in [0.4, 0.5) is 0 Å². The molecule has 2 rings (SSSR count). The molecule has 1 heteroatoms. The molecule has 1 nitrogen and oxygen atoms in total. The summed E-state index contributed by atoms with van der Waals surface area (Å²) >= 11 is 0. The third-order valence-corrected chi connectivity index (χ3v) is 2.79. The lowest BCUT2D eigenvalue weighted by Gasteiger charge is -2.33. The summed E-state index contributed by atoms with van der Waals surface area (Å²) in [5.41, 5.74) is 1.13. The molecule has 0 bridgehead atoms. The van der Waals surface area contributed by atoms with Gasteiger partial charge in [-0.1, -0.05) is 36.9 Å². The molecule has 1 aliphatic rings. The fraction of sp³-hybridized carbons (Fsp3) is 0.286. The standard InChI is InChI=1S/C14H16O/c1-3-4-10-14(2)11-9-12-7-5-6-8-13(12)15-14/h3-8,10H,1,9,11H2,2H3/b10-4+/t14-/m1/s1. The molecule has 78 valence electrons. The molecule has 1 aromatic rings. The molecule has 0 amide bonds. The first-order valence-corrected chi connectivity index (χ1v) is 5.31. The summed E-state index contributed by atoms with van der Waals surface area (Å²) in [5, 5.41) is 0. The number of para-hydroxylation sites is 1. The monoisotopic (exact) mass is 200 g/mol. The van der Waals surface area contributed by atoms with Gasteiger partial charge in [-0.2, -0.15) is 0 Å². The molecule has 1 aromatic carbocycles. The number of rotatable bonds is 2. The van der Waals surface area contributed by atoms with Crippen molar-refractivity contribution in [3.63, 3.8) is 0 Å². The first-order valence-electron chi connectivity index (χ1n) is 5.31. The van der Waals surface area contributed by atoms with Gasteiger partial charge in [0.25, 0.3) is 0 Å². The highest BCUT2D eigenvalue weighted by Crippen LogP contribution is 2.33. The molecule has 0 N–H and O–H groups in total. The van der Waals surface area contributed by atoms with Crippen LogP contribution in [0.2, 0.25) is 0 Å². The van der Waals surface area contributed by atoms with E-state index in [4.69, 9.17) is 4.74 Å². The maximum absolute atomic E-state index is 5.99. The van der Waals surface area contributed by atoms with E-state index in [0.29, 0.717) is 0 Å². The maximum atomic E-state index is 5.99. The molecule has 1 aliphatic heterocycles. The Morgan fingerprint density at radius 1 is 1.40 bits per heavy atom. The number of hydrogen-bond donors (Lipinski definition) is 0. The minimum atomic E-state index is -0.178. The van der Waals surface area contributed by atoms with Gasteiger partial charge in [-0.05, 0) is 37.5 Å². The van der Waals surface area contributed by atoms with Crippen molar-refractivity contribution in [2.45, 2.75) is 25.4 Å². The van der Waals surface area contributed by atoms with Gasteiger partial charge in [-0.25, -0.2) is 0 Å². The van der Waals surface area contributed by atoms with E-state index in [1.807, 2.05) is 18.2 Å². The van der Waals surface area contributed by atoms with Crippen LogP contribution in [-0.2, 0) is 6.42 Å². The smallest absolute Gasteiger partial charge is 0.125 e. The summed E-state index contributed by atoms with van der Waals surface area (Å²) in [6.07, 6.45) is 7.92. The van der Waals surface area contributed by atoms with E-state index in [1.54, 1.807) is 6.08 Å². The van der Waals surface area contributed by atoms with Crippen LogP contribution in [0.1, 0.15) is 18.9 Å². The van der Waals surface area contributed by atoms with Gasteiger partial charge >= 0.3 is 0 Å². The first-order chi connectivity index (χ1) is 7.23. The normalized spacial score (nSPS) is 24.6. The fourth-order valence-corrected chi connectivity index (χ4v) is 1.88. The molecule has 0 fully saturated rings. The third kappa shape index (κ3) is 2.12. The number of fused-ring (bicyclic) bond motifs is 1. The Morgan fingerprint density at radius 3 is 3.00 bits per heavy atom. The fourth-order valence-electron chi connectivity index (χ4n) is 1.88. The summed E-state index contributed by atoms with van der Waals surface area (Å²) in [6.45, 7) is 5.79. The van der Waals surface area contributed by atoms with E-state index < -0.39 is 0 Å². The van der Waals surface area contributed by atoms with Gasteiger partial charge in [0.1, 0.15) is 11.4 Å². The average Bonchev–Trinajstić information content (AvgIpc) is 2.26. The van der Waals surface area contributed by atoms with E-state index in [9.17, 15) is 0 Å². The van der Waals surface area contributed by atoms with E-state index in [0.717, 1.165) is 18.6 Å². The van der Waals surface area contributed by atoms with Gasteiger partial charge in [0.05, 0.1) is 0 Å². The predicted octanol–water partition coefficient (Wildman–Crippen LogP) is 3.51. The number of allylic oxidation sites excluding steroid dienone is 2. The predicted molar refractivity (Wildman–Crippen MR) is 63.1 cm³/mol. The molecule has 0 saturated carbocycles. The van der Waals surface area contributed by atoms with Crippen molar-refractivity contribution in [2.24, 2.45) is 0 Å². The Bertz CT molecular complexity index is 392. The highest BCUT2D eigenvalue weighted by Gasteiger charge is 2.28. The SMILES string of the molecule is C=C/C=C/[C@]1(C)CCc2ccccc2O1. The van der Waals surface area contributed by atoms with Crippen LogP contribution in [0.5, 0.6) is 5.75 Å². The van der Waals surface area contributed by atoms with Gasteiger partial charge in [0, 0.05) is 0 Å². The molecular weight excluding hydrogens is 184 g/mol. The third-order valence-electron chi connectivity index (χ3n) is 2.79. The Balaban J connectivity index is 2.24. The molecule has 1 heterocycles. The lowest BCUT2D eigenvalue weighted by Crippen LogP contribution is -2.33. The molecule has 0 spiro atoms. The van der Waals surface area contributed by atoms with Crippen molar-refractivity contribution in [3.05, 3.63) is 54.6 Å². The van der Waals surface area contributed by atoms with Crippen molar-refractivity contribution >= 4 is 0 Å². The van der Waals surface area contributed by atoms with E-state index in [1.165, 1.54) is 5.56 Å². The van der Waals surface area contributed by atoms with E-state index in [2.05, 4.69) is 31.7 Å². The van der Waals surface area contributed by atoms with Crippen LogP contribution in [0, 0.1) is 0 Å². The number of ether oxygens (including phenoxy) is 1. The quantitative estimate of drug-likeness (QED) is 0.664. The zero-order valence-electron chi connectivity index (χ0n) is 9.07. The van der Waals surface area contributed by atoms with Crippen LogP contribution in [0.15, 0.2) is 49.1 Å². The second-order valence-corrected chi connectivity index (χ2v) is 4.12. The summed E-state index contributed by atoms with van der Waals surface area (Å²) in [5.74, 6) is 1.01. The maximum Gasteiger partial charge on any atom is 0.125 e. The van der Waals surface area contributed by atoms with Crippen molar-refractivity contribution in [1.82, 2.24) is 0 Å². The van der Waals surface area contributed by atoms with Crippen molar-refractivity contribution < 1.29 is 4.74 Å². The minimum Gasteiger partial charge on any atom is -0.483 e. The Kier molecular flexibility index (Phi) is 2.63. The topological polar surface area (TPSA) is 9.23 Å². The number of benzene rings is 1. The summed E-state index contributed by atoms with van der Waals surface area (Å²) in [7, 11) is 0. The highest BCUT2D eigenvalue weighted by atomic mass is 16.5. The second-order valence-electron chi connectivity index (χ2n) is 4.12. The molecule has 0 saturated heterocycles. The lowest BCUT2D eigenvalue weighted by molar-refractivity contribution is 0.114. The first kappa shape index (κ1) is 10.0. The van der Waals surface area contributed by atoms with Crippen LogP contribution >= 0.6 is 0 Å². The van der Waals surface area contributed by atoms with E-state index in [-0.39, 0.29) is 5.60 Å². The highest BCUT2D eigenvalue weighted by molar-refractivity contribution is 5.37. The second kappa shape index (κ2) is 3.93. The summed E-state index contributed by atoms with van der Waals surface area (Å²) in [6, 6.07) is 8.24. The van der Waals surface area contributed by atoms with E-state index >= 15 is 0 Å². The largest absolute Gasteiger partial charge is 0.483 e. The van der Waals surface area contributed by atoms with Gasteiger partial charge in [0.2, 0.25) is 0 Å². The zero-order chi connectivity index (χ0) is 10.7.